The van der Waals surface area contributed by atoms with Gasteiger partial charge in [0.05, 0.1) is 40.3 Å². The molecule has 2 unspecified atom stereocenters. The van der Waals surface area contributed by atoms with Gasteiger partial charge in [0.2, 0.25) is 0 Å². The summed E-state index contributed by atoms with van der Waals surface area (Å²) in [5.41, 5.74) is 0. The van der Waals surface area contributed by atoms with Crippen LogP contribution in [0.1, 0.15) is 187 Å². The van der Waals surface area contributed by atoms with Crippen molar-refractivity contribution in [2.24, 2.45) is 0 Å². The first-order chi connectivity index (χ1) is 29.1. The van der Waals surface area contributed by atoms with E-state index in [0.717, 1.165) is 96.3 Å². The molecule has 0 aliphatic heterocycles. The van der Waals surface area contributed by atoms with Gasteiger partial charge in [-0.2, -0.15) is 0 Å². The van der Waals surface area contributed by atoms with Gasteiger partial charge in [0.25, 0.3) is 0 Å². The maximum atomic E-state index is 12.8. The zero-order chi connectivity index (χ0) is 44.2. The lowest BCUT2D eigenvalue weighted by molar-refractivity contribution is -0.889. The van der Waals surface area contributed by atoms with Crippen LogP contribution in [0.4, 0.5) is 0 Å². The largest absolute Gasteiger partial charge is 0.544 e. The highest BCUT2D eigenvalue weighted by Gasteiger charge is 2.25. The van der Waals surface area contributed by atoms with E-state index < -0.39 is 18.1 Å². The first kappa shape index (κ1) is 56.8. The molecular weight excluding hydrogens is 751 g/mol. The Bertz CT molecular complexity index is 1210. The second-order valence-corrected chi connectivity index (χ2v) is 17.0. The minimum Gasteiger partial charge on any atom is -0.544 e. The molecule has 0 rings (SSSR count). The minimum atomic E-state index is -1.13. The van der Waals surface area contributed by atoms with E-state index in [-0.39, 0.29) is 42.7 Å². The third-order valence-electron chi connectivity index (χ3n) is 10.3. The van der Waals surface area contributed by atoms with Crippen molar-refractivity contribution in [2.75, 3.05) is 41.0 Å². The number of unbranched alkanes of at least 4 members (excludes halogenated alkanes) is 16. The van der Waals surface area contributed by atoms with Crippen LogP contribution in [0.15, 0.2) is 72.9 Å². The van der Waals surface area contributed by atoms with E-state index in [2.05, 4.69) is 86.8 Å². The van der Waals surface area contributed by atoms with Crippen molar-refractivity contribution in [1.29, 1.82) is 0 Å². The number of carbonyl (C=O) groups excluding carboxylic acids is 3. The van der Waals surface area contributed by atoms with E-state index >= 15 is 0 Å². The summed E-state index contributed by atoms with van der Waals surface area (Å²) in [7, 11) is 5.40. The molecule has 344 valence electrons. The van der Waals surface area contributed by atoms with Gasteiger partial charge in [0, 0.05) is 19.3 Å². The molecular formula is C52H89NO7. The monoisotopic (exact) mass is 840 g/mol. The Morgan fingerprint density at radius 2 is 0.933 bits per heavy atom. The van der Waals surface area contributed by atoms with Crippen LogP contribution < -0.4 is 5.11 Å². The highest BCUT2D eigenvalue weighted by molar-refractivity contribution is 5.70. The molecule has 0 saturated carbocycles. The molecule has 60 heavy (non-hydrogen) atoms. The molecule has 0 fully saturated rings. The van der Waals surface area contributed by atoms with Gasteiger partial charge in [-0.05, 0) is 83.5 Å². The highest BCUT2D eigenvalue weighted by atomic mass is 16.6. The average molecular weight is 840 g/mol. The van der Waals surface area contributed by atoms with Crippen molar-refractivity contribution < 1.29 is 38.2 Å². The van der Waals surface area contributed by atoms with E-state index in [1.54, 1.807) is 21.1 Å². The predicted octanol–water partition coefficient (Wildman–Crippen LogP) is 12.2. The van der Waals surface area contributed by atoms with Crippen LogP contribution in [-0.4, -0.2) is 75.5 Å². The van der Waals surface area contributed by atoms with Gasteiger partial charge in [0.15, 0.2) is 6.10 Å². The summed E-state index contributed by atoms with van der Waals surface area (Å²) in [5, 5.41) is 11.6. The lowest BCUT2D eigenvalue weighted by atomic mass is 10.1. The van der Waals surface area contributed by atoms with Crippen molar-refractivity contribution >= 4 is 17.9 Å². The zero-order valence-electron chi connectivity index (χ0n) is 39.1. The Labute approximate surface area is 368 Å². The van der Waals surface area contributed by atoms with E-state index in [4.69, 9.17) is 14.2 Å². The van der Waals surface area contributed by atoms with E-state index in [0.29, 0.717) is 12.8 Å². The topological polar surface area (TPSA) is 102 Å². The quantitative estimate of drug-likeness (QED) is 0.0261. The number of hydrogen-bond donors (Lipinski definition) is 0. The normalized spacial score (nSPS) is 13.6. The van der Waals surface area contributed by atoms with Crippen LogP contribution in [0, 0.1) is 0 Å². The van der Waals surface area contributed by atoms with Crippen molar-refractivity contribution in [3.8, 4) is 0 Å². The molecule has 0 bridgehead atoms. The van der Waals surface area contributed by atoms with Crippen molar-refractivity contribution in [3.63, 3.8) is 0 Å². The summed E-state index contributed by atoms with van der Waals surface area (Å²) in [6.45, 7) is 4.51. The summed E-state index contributed by atoms with van der Waals surface area (Å²) in [6, 6.07) is -0.734. The number of allylic oxidation sites excluding steroid dienone is 12. The molecule has 0 N–H and O–H groups in total. The van der Waals surface area contributed by atoms with Crippen LogP contribution in [0.3, 0.4) is 0 Å². The highest BCUT2D eigenvalue weighted by Crippen LogP contribution is 2.13. The Morgan fingerprint density at radius 1 is 0.517 bits per heavy atom. The number of esters is 2. The number of nitrogens with zero attached hydrogens (tertiary/aromatic N) is 1. The van der Waals surface area contributed by atoms with Crippen LogP contribution in [0.5, 0.6) is 0 Å². The van der Waals surface area contributed by atoms with Crippen LogP contribution in [0.2, 0.25) is 0 Å². The number of quaternary nitrogens is 1. The first-order valence-electron chi connectivity index (χ1n) is 24.0. The third-order valence-corrected chi connectivity index (χ3v) is 10.3. The Kier molecular flexibility index (Phi) is 40.2. The molecule has 0 spiro atoms. The van der Waals surface area contributed by atoms with Gasteiger partial charge in [-0.3, -0.25) is 9.59 Å². The fraction of sp³-hybridized carbons (Fsp3) is 0.712. The SMILES string of the molecule is CC/C=C/C/C=C/C/C=C/C/C=C/C/C=C/CCCCCCCCC(=O)OC(COCCC(C(=O)[O-])[N+](C)(C)C)COC(=O)CCCCC/C=C/CCCCCCCCC. The summed E-state index contributed by atoms with van der Waals surface area (Å²) in [5.74, 6) is -1.78. The number of hydrogen-bond acceptors (Lipinski definition) is 7. The molecule has 2 atom stereocenters. The van der Waals surface area contributed by atoms with Gasteiger partial charge in [-0.1, -0.05) is 157 Å². The van der Waals surface area contributed by atoms with Crippen molar-refractivity contribution in [3.05, 3.63) is 72.9 Å². The lowest BCUT2D eigenvalue weighted by Crippen LogP contribution is -2.55. The molecule has 0 aromatic heterocycles. The van der Waals surface area contributed by atoms with Gasteiger partial charge < -0.3 is 28.6 Å². The van der Waals surface area contributed by atoms with E-state index in [1.807, 2.05) is 0 Å². The van der Waals surface area contributed by atoms with Crippen LogP contribution >= 0.6 is 0 Å². The fourth-order valence-electron chi connectivity index (χ4n) is 6.62. The minimum absolute atomic E-state index is 0.0268. The van der Waals surface area contributed by atoms with E-state index in [1.165, 1.54) is 57.8 Å². The van der Waals surface area contributed by atoms with Crippen molar-refractivity contribution in [2.45, 2.75) is 199 Å². The van der Waals surface area contributed by atoms with Crippen LogP contribution in [0.25, 0.3) is 0 Å². The number of carbonyl (C=O) groups is 3. The maximum Gasteiger partial charge on any atom is 0.306 e. The second-order valence-electron chi connectivity index (χ2n) is 17.0. The summed E-state index contributed by atoms with van der Waals surface area (Å²) >= 11 is 0. The number of carboxylic acids is 1. The summed E-state index contributed by atoms with van der Waals surface area (Å²) in [4.78, 5) is 36.9. The van der Waals surface area contributed by atoms with Gasteiger partial charge in [0.1, 0.15) is 12.6 Å². The number of rotatable bonds is 42. The summed E-state index contributed by atoms with van der Waals surface area (Å²) in [6.07, 6.45) is 53.5. The van der Waals surface area contributed by atoms with Gasteiger partial charge >= 0.3 is 11.9 Å². The van der Waals surface area contributed by atoms with Crippen molar-refractivity contribution in [1.82, 2.24) is 0 Å². The van der Waals surface area contributed by atoms with Gasteiger partial charge in [-0.15, -0.1) is 0 Å². The predicted molar refractivity (Wildman–Crippen MR) is 249 cm³/mol. The molecule has 0 aromatic carbocycles. The molecule has 0 heterocycles. The fourth-order valence-corrected chi connectivity index (χ4v) is 6.62. The van der Waals surface area contributed by atoms with Gasteiger partial charge in [-0.25, -0.2) is 0 Å². The zero-order valence-corrected chi connectivity index (χ0v) is 39.1. The van der Waals surface area contributed by atoms with Crippen LogP contribution in [-0.2, 0) is 28.6 Å². The first-order valence-corrected chi connectivity index (χ1v) is 24.0. The molecule has 0 saturated heterocycles. The standard InChI is InChI=1S/C52H89NO7/c1-6-8-10-12-14-16-18-20-22-23-24-25-26-27-28-29-31-33-35-37-39-41-43-51(55)60-48(46-58-45-44-49(52(56)57)53(3,4)5)47-59-50(54)42-40-38-36-34-32-30-21-19-17-15-13-11-9-7-2/h8,10,14,16,20,22,24-25,27-28,30,32,48-49H,6-7,9,11-13,15,17-19,21,23,26,29,31,33-47H2,1-5H3/b10-8+,16-14+,22-20+,25-24+,28-27+,32-30+. The third kappa shape index (κ3) is 40.2. The molecule has 0 aromatic rings. The molecule has 8 nitrogen and oxygen atoms in total. The molecule has 8 heteroatoms. The maximum absolute atomic E-state index is 12.8. The number of aliphatic carboxylic acids is 1. The number of likely N-dealkylation sites (N-methyl/N-ethyl adjacent to an activating group) is 1. The summed E-state index contributed by atoms with van der Waals surface area (Å²) < 4.78 is 17.2. The number of ether oxygens (including phenoxy) is 3. The second kappa shape index (κ2) is 42.5. The Hall–Kier alpha value is -3.23. The average Bonchev–Trinajstić information content (AvgIpc) is 3.21. The molecule has 0 aliphatic rings. The molecule has 0 radical (unpaired) electrons. The van der Waals surface area contributed by atoms with E-state index in [9.17, 15) is 19.5 Å². The number of carboxylic acid groups (broad SMARTS) is 1. The molecule has 0 amide bonds. The molecule has 0 aliphatic carbocycles. The Balaban J connectivity index is 4.35. The Morgan fingerprint density at radius 3 is 1.42 bits per heavy atom. The lowest BCUT2D eigenvalue weighted by Gasteiger charge is -2.34. The smallest absolute Gasteiger partial charge is 0.306 e.